The van der Waals surface area contributed by atoms with Crippen molar-refractivity contribution in [2.75, 3.05) is 12.0 Å². The van der Waals surface area contributed by atoms with Crippen molar-refractivity contribution in [2.45, 2.75) is 26.4 Å². The van der Waals surface area contributed by atoms with Crippen LogP contribution in [0.3, 0.4) is 0 Å². The summed E-state index contributed by atoms with van der Waals surface area (Å²) in [5.41, 5.74) is 3.90. The number of aromatic nitrogens is 2. The minimum Gasteiger partial charge on any atom is -0.358 e. The molecule has 0 radical (unpaired) electrons. The summed E-state index contributed by atoms with van der Waals surface area (Å²) >= 11 is 5.46. The van der Waals surface area contributed by atoms with Gasteiger partial charge in [0.05, 0.1) is 17.9 Å². The van der Waals surface area contributed by atoms with Crippen LogP contribution >= 0.6 is 12.2 Å². The summed E-state index contributed by atoms with van der Waals surface area (Å²) < 4.78 is 2.32. The number of fused-ring (bicyclic) bond motifs is 1. The molecule has 0 bridgehead atoms. The highest BCUT2D eigenvalue weighted by Gasteiger charge is 2.26. The molecular weight excluding hydrogens is 356 g/mol. The highest BCUT2D eigenvalue weighted by Crippen LogP contribution is 2.28. The maximum Gasteiger partial charge on any atom is 0.258 e. The maximum absolute atomic E-state index is 12.6. The van der Waals surface area contributed by atoms with E-state index in [1.807, 2.05) is 47.9 Å². The molecule has 0 amide bonds. The molecular formula is C21H22N4OS. The van der Waals surface area contributed by atoms with Crippen LogP contribution in [0.15, 0.2) is 59.4 Å². The van der Waals surface area contributed by atoms with Crippen molar-refractivity contribution in [3.63, 3.8) is 0 Å². The average molecular weight is 379 g/mol. The summed E-state index contributed by atoms with van der Waals surface area (Å²) in [6, 6.07) is 18.6. The Bertz CT molecular complexity index is 1090. The third kappa shape index (κ3) is 3.34. The Morgan fingerprint density at radius 3 is 2.63 bits per heavy atom. The van der Waals surface area contributed by atoms with E-state index in [4.69, 9.17) is 12.2 Å². The molecule has 0 aliphatic carbocycles. The van der Waals surface area contributed by atoms with Gasteiger partial charge in [0, 0.05) is 12.6 Å². The normalized spacial score (nSPS) is 15.0. The fourth-order valence-corrected chi connectivity index (χ4v) is 3.86. The van der Waals surface area contributed by atoms with Gasteiger partial charge in [0.1, 0.15) is 5.82 Å². The van der Waals surface area contributed by atoms with Gasteiger partial charge in [-0.1, -0.05) is 42.5 Å². The van der Waals surface area contributed by atoms with Crippen LogP contribution in [0.4, 0.5) is 5.82 Å². The van der Waals surface area contributed by atoms with E-state index in [1.54, 1.807) is 0 Å². The van der Waals surface area contributed by atoms with E-state index in [0.717, 1.165) is 17.1 Å². The second-order valence-corrected chi connectivity index (χ2v) is 7.32. The average Bonchev–Trinajstić information content (AvgIpc) is 2.68. The Morgan fingerprint density at radius 2 is 1.89 bits per heavy atom. The van der Waals surface area contributed by atoms with Gasteiger partial charge >= 0.3 is 0 Å². The van der Waals surface area contributed by atoms with Crippen LogP contribution in [0.1, 0.15) is 29.7 Å². The van der Waals surface area contributed by atoms with Gasteiger partial charge in [-0.3, -0.25) is 19.2 Å². The van der Waals surface area contributed by atoms with Gasteiger partial charge in [0.15, 0.2) is 4.77 Å². The molecule has 1 aromatic heterocycles. The molecule has 5 nitrogen and oxygen atoms in total. The lowest BCUT2D eigenvalue weighted by Crippen LogP contribution is -2.40. The van der Waals surface area contributed by atoms with Crippen LogP contribution in [-0.4, -0.2) is 21.1 Å². The molecule has 27 heavy (non-hydrogen) atoms. The highest BCUT2D eigenvalue weighted by molar-refractivity contribution is 7.71. The Morgan fingerprint density at radius 1 is 1.11 bits per heavy atom. The topological polar surface area (TPSA) is 53.1 Å². The van der Waals surface area contributed by atoms with Crippen LogP contribution in [0.5, 0.6) is 0 Å². The van der Waals surface area contributed by atoms with Crippen LogP contribution in [0, 0.1) is 11.7 Å². The van der Waals surface area contributed by atoms with Crippen LogP contribution < -0.4 is 10.9 Å². The smallest absolute Gasteiger partial charge is 0.258 e. The zero-order valence-electron chi connectivity index (χ0n) is 15.4. The third-order valence-corrected chi connectivity index (χ3v) is 5.39. The molecule has 2 aromatic carbocycles. The SMILES string of the molecule is Cc1cccc(-n2c3c(c(=O)[nH]c2=S)CN(C(C)c2ccccc2)CN3)c1. The monoisotopic (exact) mass is 378 g/mol. The number of anilines is 1. The van der Waals surface area contributed by atoms with E-state index in [0.29, 0.717) is 23.5 Å². The fraction of sp³-hybridized carbons (Fsp3) is 0.238. The van der Waals surface area contributed by atoms with Gasteiger partial charge in [0.25, 0.3) is 5.56 Å². The second-order valence-electron chi connectivity index (χ2n) is 6.93. The van der Waals surface area contributed by atoms with Gasteiger partial charge in [0.2, 0.25) is 0 Å². The molecule has 1 aliphatic heterocycles. The van der Waals surface area contributed by atoms with E-state index in [-0.39, 0.29) is 11.6 Å². The Kier molecular flexibility index (Phi) is 4.68. The summed E-state index contributed by atoms with van der Waals surface area (Å²) in [7, 11) is 0. The zero-order chi connectivity index (χ0) is 19.0. The predicted octanol–water partition coefficient (Wildman–Crippen LogP) is 4.15. The van der Waals surface area contributed by atoms with E-state index < -0.39 is 0 Å². The van der Waals surface area contributed by atoms with E-state index in [2.05, 4.69) is 40.3 Å². The number of rotatable bonds is 3. The van der Waals surface area contributed by atoms with Crippen molar-refractivity contribution in [3.05, 3.63) is 86.4 Å². The van der Waals surface area contributed by atoms with Crippen molar-refractivity contribution < 1.29 is 0 Å². The second kappa shape index (κ2) is 7.13. The number of nitrogens with one attached hydrogen (secondary N) is 2. The van der Waals surface area contributed by atoms with Gasteiger partial charge in [-0.25, -0.2) is 0 Å². The Hall–Kier alpha value is -2.70. The van der Waals surface area contributed by atoms with E-state index >= 15 is 0 Å². The summed E-state index contributed by atoms with van der Waals surface area (Å²) in [5, 5.41) is 3.43. The third-order valence-electron chi connectivity index (χ3n) is 5.11. The molecule has 4 rings (SSSR count). The van der Waals surface area contributed by atoms with E-state index in [9.17, 15) is 4.79 Å². The van der Waals surface area contributed by atoms with Crippen LogP contribution in [0.25, 0.3) is 5.69 Å². The summed E-state index contributed by atoms with van der Waals surface area (Å²) in [5.74, 6) is 0.783. The van der Waals surface area contributed by atoms with Gasteiger partial charge < -0.3 is 5.32 Å². The first-order valence-corrected chi connectivity index (χ1v) is 9.43. The van der Waals surface area contributed by atoms with Gasteiger partial charge in [-0.2, -0.15) is 0 Å². The van der Waals surface area contributed by atoms with Crippen molar-refractivity contribution in [1.29, 1.82) is 0 Å². The Balaban J connectivity index is 1.76. The molecule has 2 heterocycles. The van der Waals surface area contributed by atoms with Crippen molar-refractivity contribution in [2.24, 2.45) is 0 Å². The molecule has 0 saturated heterocycles. The van der Waals surface area contributed by atoms with Crippen molar-refractivity contribution in [1.82, 2.24) is 14.5 Å². The highest BCUT2D eigenvalue weighted by atomic mass is 32.1. The Labute approximate surface area is 163 Å². The quantitative estimate of drug-likeness (QED) is 0.672. The van der Waals surface area contributed by atoms with E-state index in [1.165, 1.54) is 5.56 Å². The molecule has 0 fully saturated rings. The molecule has 3 aromatic rings. The molecule has 0 saturated carbocycles. The number of H-pyrrole nitrogens is 1. The van der Waals surface area contributed by atoms with Gasteiger partial charge in [-0.05, 0) is 49.3 Å². The number of nitrogens with zero attached hydrogens (tertiary/aromatic N) is 2. The lowest BCUT2D eigenvalue weighted by Gasteiger charge is -2.35. The van der Waals surface area contributed by atoms with Crippen molar-refractivity contribution in [3.8, 4) is 5.69 Å². The molecule has 6 heteroatoms. The summed E-state index contributed by atoms with van der Waals surface area (Å²) in [6.07, 6.45) is 0. The number of hydrogen-bond donors (Lipinski definition) is 2. The number of hydrogen-bond acceptors (Lipinski definition) is 4. The first-order chi connectivity index (χ1) is 13.0. The fourth-order valence-electron chi connectivity index (χ4n) is 3.57. The lowest BCUT2D eigenvalue weighted by atomic mass is 10.1. The lowest BCUT2D eigenvalue weighted by molar-refractivity contribution is 0.207. The standard InChI is InChI=1S/C21H22N4OS/c1-14-7-6-10-17(11-14)25-19-18(20(26)23-21(25)27)12-24(13-22-19)15(2)16-8-4-3-5-9-16/h3-11,15,22H,12-13H2,1-2H3,(H,23,26,27). The first kappa shape index (κ1) is 17.7. The molecule has 0 spiro atoms. The number of aryl methyl sites for hydroxylation is 1. The number of aromatic amines is 1. The minimum absolute atomic E-state index is 0.128. The van der Waals surface area contributed by atoms with Crippen molar-refractivity contribution >= 4 is 18.0 Å². The molecule has 2 N–H and O–H groups in total. The largest absolute Gasteiger partial charge is 0.358 e. The van der Waals surface area contributed by atoms with Crippen LogP contribution in [-0.2, 0) is 6.54 Å². The molecule has 1 unspecified atom stereocenters. The molecule has 138 valence electrons. The van der Waals surface area contributed by atoms with Crippen LogP contribution in [0.2, 0.25) is 0 Å². The summed E-state index contributed by atoms with van der Waals surface area (Å²) in [6.45, 7) is 5.41. The predicted molar refractivity (Wildman–Crippen MR) is 111 cm³/mol. The maximum atomic E-state index is 12.6. The molecule has 1 atom stereocenters. The zero-order valence-corrected chi connectivity index (χ0v) is 16.2. The number of benzene rings is 2. The minimum atomic E-state index is -0.128. The summed E-state index contributed by atoms with van der Waals surface area (Å²) in [4.78, 5) is 17.7. The van der Waals surface area contributed by atoms with Gasteiger partial charge in [-0.15, -0.1) is 0 Å². The molecule has 1 aliphatic rings. The first-order valence-electron chi connectivity index (χ1n) is 9.02.